The highest BCUT2D eigenvalue weighted by Crippen LogP contribution is 2.35. The largest absolute Gasteiger partial charge is 0.489 e. The van der Waals surface area contributed by atoms with E-state index in [1.54, 1.807) is 6.20 Å². The van der Waals surface area contributed by atoms with E-state index in [0.717, 1.165) is 30.6 Å². The number of ether oxygens (including phenoxy) is 1. The number of pyridine rings is 1. The summed E-state index contributed by atoms with van der Waals surface area (Å²) in [5, 5.41) is 3.35. The molecule has 0 spiro atoms. The molecule has 3 rings (SSSR count). The number of hydrogen-bond acceptors (Lipinski definition) is 3. The molecule has 4 heteroatoms. The zero-order chi connectivity index (χ0) is 14.7. The van der Waals surface area contributed by atoms with Crippen molar-refractivity contribution in [2.75, 3.05) is 7.05 Å². The van der Waals surface area contributed by atoms with Gasteiger partial charge in [0, 0.05) is 17.8 Å². The molecule has 1 heterocycles. The highest BCUT2D eigenvalue weighted by atomic mass is 19.1. The quantitative estimate of drug-likeness (QED) is 0.935. The van der Waals surface area contributed by atoms with Crippen molar-refractivity contribution in [3.63, 3.8) is 0 Å². The molecule has 0 saturated carbocycles. The third kappa shape index (κ3) is 3.05. The molecule has 0 bridgehead atoms. The highest BCUT2D eigenvalue weighted by Gasteiger charge is 2.21. The number of aromatic nitrogens is 1. The van der Waals surface area contributed by atoms with Crippen LogP contribution in [0.2, 0.25) is 0 Å². The summed E-state index contributed by atoms with van der Waals surface area (Å²) in [7, 11) is 1.99. The maximum absolute atomic E-state index is 13.1. The van der Waals surface area contributed by atoms with Crippen molar-refractivity contribution < 1.29 is 9.13 Å². The fourth-order valence-corrected chi connectivity index (χ4v) is 2.95. The number of rotatable bonds is 4. The minimum atomic E-state index is -0.332. The summed E-state index contributed by atoms with van der Waals surface area (Å²) in [6, 6.07) is 8.02. The number of fused-ring (bicyclic) bond motifs is 1. The van der Waals surface area contributed by atoms with Gasteiger partial charge in [0.05, 0.1) is 6.20 Å². The van der Waals surface area contributed by atoms with Crippen molar-refractivity contribution in [2.45, 2.75) is 31.9 Å². The lowest BCUT2D eigenvalue weighted by Gasteiger charge is -2.26. The minimum Gasteiger partial charge on any atom is -0.489 e. The van der Waals surface area contributed by atoms with E-state index >= 15 is 0 Å². The van der Waals surface area contributed by atoms with Crippen molar-refractivity contribution >= 4 is 0 Å². The van der Waals surface area contributed by atoms with Crippen LogP contribution in [0.5, 0.6) is 5.75 Å². The Morgan fingerprint density at radius 3 is 3.10 bits per heavy atom. The molecule has 21 heavy (non-hydrogen) atoms. The van der Waals surface area contributed by atoms with E-state index in [-0.39, 0.29) is 5.82 Å². The molecule has 3 nitrogen and oxygen atoms in total. The summed E-state index contributed by atoms with van der Waals surface area (Å²) in [4.78, 5) is 3.84. The van der Waals surface area contributed by atoms with Crippen molar-refractivity contribution in [2.24, 2.45) is 0 Å². The van der Waals surface area contributed by atoms with Gasteiger partial charge in [-0.3, -0.25) is 4.98 Å². The third-order valence-corrected chi connectivity index (χ3v) is 3.97. The molecule has 0 aliphatic heterocycles. The normalized spacial score (nSPS) is 17.3. The average Bonchev–Trinajstić information content (AvgIpc) is 2.52. The van der Waals surface area contributed by atoms with Crippen LogP contribution in [0.15, 0.2) is 36.7 Å². The molecule has 1 aliphatic rings. The van der Waals surface area contributed by atoms with Gasteiger partial charge in [-0.1, -0.05) is 12.1 Å². The Balaban J connectivity index is 1.80. The number of nitrogens with zero attached hydrogens (tertiary/aromatic N) is 1. The molecule has 0 radical (unpaired) electrons. The van der Waals surface area contributed by atoms with Gasteiger partial charge in [-0.2, -0.15) is 0 Å². The standard InChI is InChI=1S/C17H19FN2O/c1-19-16-6-2-5-15-14(16)4-3-7-17(15)21-11-12-8-13(18)10-20-9-12/h3-4,7-10,16,19H,2,5-6,11H2,1H3. The minimum absolute atomic E-state index is 0.332. The summed E-state index contributed by atoms with van der Waals surface area (Å²) in [6.45, 7) is 0.339. The molecule has 0 amide bonds. The number of nitrogens with one attached hydrogen (secondary N) is 1. The molecule has 0 saturated heterocycles. The van der Waals surface area contributed by atoms with Crippen LogP contribution in [0, 0.1) is 5.82 Å². The second kappa shape index (κ2) is 6.22. The first kappa shape index (κ1) is 14.0. The van der Waals surface area contributed by atoms with Crippen molar-refractivity contribution in [1.29, 1.82) is 0 Å². The van der Waals surface area contributed by atoms with Crippen LogP contribution in [-0.4, -0.2) is 12.0 Å². The van der Waals surface area contributed by atoms with Gasteiger partial charge in [0.25, 0.3) is 0 Å². The van der Waals surface area contributed by atoms with Gasteiger partial charge in [0.1, 0.15) is 18.2 Å². The van der Waals surface area contributed by atoms with Gasteiger partial charge in [0.2, 0.25) is 0 Å². The molecule has 2 aromatic rings. The number of benzene rings is 1. The first-order valence-electron chi connectivity index (χ1n) is 7.29. The van der Waals surface area contributed by atoms with Crippen molar-refractivity contribution in [3.8, 4) is 5.75 Å². The zero-order valence-corrected chi connectivity index (χ0v) is 12.1. The van der Waals surface area contributed by atoms with E-state index in [9.17, 15) is 4.39 Å². The summed E-state index contributed by atoms with van der Waals surface area (Å²) < 4.78 is 19.0. The number of hydrogen-bond donors (Lipinski definition) is 1. The average molecular weight is 286 g/mol. The molecular formula is C17H19FN2O. The van der Waals surface area contributed by atoms with Gasteiger partial charge >= 0.3 is 0 Å². The van der Waals surface area contributed by atoms with Crippen molar-refractivity contribution in [1.82, 2.24) is 10.3 Å². The molecular weight excluding hydrogens is 267 g/mol. The van der Waals surface area contributed by atoms with Crippen LogP contribution in [0.25, 0.3) is 0 Å². The van der Waals surface area contributed by atoms with E-state index in [4.69, 9.17) is 4.74 Å². The van der Waals surface area contributed by atoms with Crippen LogP contribution in [-0.2, 0) is 13.0 Å². The molecule has 1 aliphatic carbocycles. The second-order valence-corrected chi connectivity index (χ2v) is 5.36. The Labute approximate surface area is 124 Å². The van der Waals surface area contributed by atoms with Gasteiger partial charge in [0.15, 0.2) is 0 Å². The highest BCUT2D eigenvalue weighted by molar-refractivity contribution is 5.43. The van der Waals surface area contributed by atoms with Crippen LogP contribution in [0.3, 0.4) is 0 Å². The second-order valence-electron chi connectivity index (χ2n) is 5.36. The van der Waals surface area contributed by atoms with Gasteiger partial charge in [-0.15, -0.1) is 0 Å². The first-order valence-corrected chi connectivity index (χ1v) is 7.29. The lowest BCUT2D eigenvalue weighted by atomic mass is 9.87. The van der Waals surface area contributed by atoms with E-state index in [1.807, 2.05) is 19.2 Å². The Kier molecular flexibility index (Phi) is 4.15. The molecule has 1 aromatic carbocycles. The lowest BCUT2D eigenvalue weighted by molar-refractivity contribution is 0.298. The van der Waals surface area contributed by atoms with E-state index in [2.05, 4.69) is 16.4 Å². The van der Waals surface area contributed by atoms with Gasteiger partial charge in [-0.25, -0.2) is 4.39 Å². The van der Waals surface area contributed by atoms with Crippen LogP contribution < -0.4 is 10.1 Å². The van der Waals surface area contributed by atoms with E-state index in [0.29, 0.717) is 12.6 Å². The predicted molar refractivity (Wildman–Crippen MR) is 79.7 cm³/mol. The molecule has 1 aromatic heterocycles. The summed E-state index contributed by atoms with van der Waals surface area (Å²) in [5.74, 6) is 0.568. The fourth-order valence-electron chi connectivity index (χ4n) is 2.95. The topological polar surface area (TPSA) is 34.1 Å². The Morgan fingerprint density at radius 1 is 1.38 bits per heavy atom. The van der Waals surface area contributed by atoms with Crippen molar-refractivity contribution in [3.05, 3.63) is 59.2 Å². The van der Waals surface area contributed by atoms with E-state index in [1.165, 1.54) is 23.4 Å². The summed E-state index contributed by atoms with van der Waals surface area (Å²) >= 11 is 0. The first-order chi connectivity index (χ1) is 10.3. The SMILES string of the molecule is CNC1CCCc2c(OCc3cncc(F)c3)cccc21. The number of halogens is 1. The Bertz CT molecular complexity index is 630. The van der Waals surface area contributed by atoms with Gasteiger partial charge in [-0.05, 0) is 49.6 Å². The molecule has 1 unspecified atom stereocenters. The van der Waals surface area contributed by atoms with Crippen LogP contribution >= 0.6 is 0 Å². The Hall–Kier alpha value is -1.94. The summed E-state index contributed by atoms with van der Waals surface area (Å²) in [6.07, 6.45) is 6.17. The van der Waals surface area contributed by atoms with Gasteiger partial charge < -0.3 is 10.1 Å². The van der Waals surface area contributed by atoms with Crippen LogP contribution in [0.4, 0.5) is 4.39 Å². The maximum Gasteiger partial charge on any atom is 0.141 e. The van der Waals surface area contributed by atoms with Crippen LogP contribution in [0.1, 0.15) is 35.6 Å². The lowest BCUT2D eigenvalue weighted by Crippen LogP contribution is -2.22. The maximum atomic E-state index is 13.1. The molecule has 110 valence electrons. The summed E-state index contributed by atoms with van der Waals surface area (Å²) in [5.41, 5.74) is 3.33. The molecule has 0 fully saturated rings. The fraction of sp³-hybridized carbons (Fsp3) is 0.353. The zero-order valence-electron chi connectivity index (χ0n) is 12.1. The molecule has 1 N–H and O–H groups in total. The predicted octanol–water partition coefficient (Wildman–Crippen LogP) is 3.40. The Morgan fingerprint density at radius 2 is 2.29 bits per heavy atom. The monoisotopic (exact) mass is 286 g/mol. The third-order valence-electron chi connectivity index (χ3n) is 3.97. The molecule has 1 atom stereocenters. The van der Waals surface area contributed by atoms with E-state index < -0.39 is 0 Å². The smallest absolute Gasteiger partial charge is 0.141 e.